The maximum absolute atomic E-state index is 11.8. The summed E-state index contributed by atoms with van der Waals surface area (Å²) in [5, 5.41) is 0. The predicted molar refractivity (Wildman–Crippen MR) is 81.5 cm³/mol. The number of rotatable bonds is 1. The summed E-state index contributed by atoms with van der Waals surface area (Å²) in [6, 6.07) is 4.12. The zero-order valence-corrected chi connectivity index (χ0v) is 13.9. The monoisotopic (exact) mass is 278 g/mol. The van der Waals surface area contributed by atoms with Crippen LogP contribution in [0.2, 0.25) is 0 Å². The largest absolute Gasteiger partial charge is 0.514 e. The van der Waals surface area contributed by atoms with Crippen molar-refractivity contribution >= 4 is 6.16 Å². The summed E-state index contributed by atoms with van der Waals surface area (Å²) in [6.45, 7) is 15.8. The molecule has 1 aromatic rings. The zero-order chi connectivity index (χ0) is 15.7. The van der Waals surface area contributed by atoms with Crippen LogP contribution in [0.5, 0.6) is 5.75 Å². The Kier molecular flexibility index (Phi) is 4.52. The summed E-state index contributed by atoms with van der Waals surface area (Å²) in [6.07, 6.45) is -0.660. The lowest BCUT2D eigenvalue weighted by Gasteiger charge is -2.23. The Morgan fingerprint density at radius 3 is 1.75 bits per heavy atom. The lowest BCUT2D eigenvalue weighted by Crippen LogP contribution is -2.26. The molecule has 20 heavy (non-hydrogen) atoms. The molecule has 0 spiro atoms. The number of benzene rings is 1. The van der Waals surface area contributed by atoms with Gasteiger partial charge in [0.1, 0.15) is 11.4 Å². The van der Waals surface area contributed by atoms with Gasteiger partial charge in [-0.2, -0.15) is 0 Å². The standard InChI is InChI=1S/C17H26O3/c1-11-9-13(16(3,4)5)10-12(2)14(11)19-15(18)20-17(6,7)8/h9-10H,1-8H3. The van der Waals surface area contributed by atoms with E-state index in [4.69, 9.17) is 9.47 Å². The summed E-state index contributed by atoms with van der Waals surface area (Å²) < 4.78 is 10.5. The van der Waals surface area contributed by atoms with Crippen LogP contribution in [0.3, 0.4) is 0 Å². The average Bonchev–Trinajstić information content (AvgIpc) is 2.19. The van der Waals surface area contributed by atoms with Crippen LogP contribution in [-0.4, -0.2) is 11.8 Å². The molecule has 1 rings (SSSR count). The van der Waals surface area contributed by atoms with Crippen molar-refractivity contribution in [1.82, 2.24) is 0 Å². The maximum atomic E-state index is 11.8. The Labute approximate surface area is 122 Å². The van der Waals surface area contributed by atoms with E-state index >= 15 is 0 Å². The normalized spacial score (nSPS) is 12.2. The lowest BCUT2D eigenvalue weighted by atomic mass is 9.85. The number of carbonyl (C=O) groups excluding carboxylic acids is 1. The van der Waals surface area contributed by atoms with Crippen LogP contribution in [0.15, 0.2) is 12.1 Å². The first-order valence-electron chi connectivity index (χ1n) is 6.93. The molecule has 0 heterocycles. The van der Waals surface area contributed by atoms with Crippen molar-refractivity contribution in [1.29, 1.82) is 0 Å². The molecule has 0 aliphatic heterocycles. The highest BCUT2D eigenvalue weighted by Crippen LogP contribution is 2.31. The van der Waals surface area contributed by atoms with E-state index in [1.54, 1.807) is 0 Å². The summed E-state index contributed by atoms with van der Waals surface area (Å²) in [4.78, 5) is 11.8. The van der Waals surface area contributed by atoms with Gasteiger partial charge in [-0.05, 0) is 56.7 Å². The van der Waals surface area contributed by atoms with Gasteiger partial charge in [-0.15, -0.1) is 0 Å². The number of aryl methyl sites for hydroxylation is 2. The molecule has 0 aliphatic rings. The Hall–Kier alpha value is -1.51. The van der Waals surface area contributed by atoms with Gasteiger partial charge in [-0.1, -0.05) is 32.9 Å². The quantitative estimate of drug-likeness (QED) is 0.540. The first kappa shape index (κ1) is 16.5. The van der Waals surface area contributed by atoms with E-state index in [1.807, 2.05) is 34.6 Å². The molecule has 0 N–H and O–H groups in total. The lowest BCUT2D eigenvalue weighted by molar-refractivity contribution is 0.0203. The van der Waals surface area contributed by atoms with E-state index in [-0.39, 0.29) is 5.41 Å². The average molecular weight is 278 g/mol. The van der Waals surface area contributed by atoms with Crippen LogP contribution in [-0.2, 0) is 10.2 Å². The minimum atomic E-state index is -0.660. The first-order chi connectivity index (χ1) is 8.90. The van der Waals surface area contributed by atoms with E-state index in [1.165, 1.54) is 5.56 Å². The zero-order valence-electron chi connectivity index (χ0n) is 13.9. The Morgan fingerprint density at radius 2 is 1.40 bits per heavy atom. The third-order valence-electron chi connectivity index (χ3n) is 2.90. The molecule has 112 valence electrons. The van der Waals surface area contributed by atoms with Crippen molar-refractivity contribution < 1.29 is 14.3 Å². The van der Waals surface area contributed by atoms with Gasteiger partial charge in [0.2, 0.25) is 0 Å². The molecule has 0 aromatic heterocycles. The van der Waals surface area contributed by atoms with Crippen LogP contribution in [0.4, 0.5) is 4.79 Å². The molecule has 1 aromatic carbocycles. The first-order valence-corrected chi connectivity index (χ1v) is 6.93. The molecule has 3 heteroatoms. The van der Waals surface area contributed by atoms with Crippen LogP contribution < -0.4 is 4.74 Å². The Balaban J connectivity index is 3.01. The smallest absolute Gasteiger partial charge is 0.428 e. The van der Waals surface area contributed by atoms with Crippen LogP contribution in [0.1, 0.15) is 58.2 Å². The third-order valence-corrected chi connectivity index (χ3v) is 2.90. The highest BCUT2D eigenvalue weighted by atomic mass is 16.7. The summed E-state index contributed by atoms with van der Waals surface area (Å²) in [5.74, 6) is 0.590. The molecule has 0 fully saturated rings. The fourth-order valence-corrected chi connectivity index (χ4v) is 1.90. The van der Waals surface area contributed by atoms with Gasteiger partial charge in [0.15, 0.2) is 0 Å². The fraction of sp³-hybridized carbons (Fsp3) is 0.588. The number of ether oxygens (including phenoxy) is 2. The molecular weight excluding hydrogens is 252 g/mol. The topological polar surface area (TPSA) is 35.5 Å². The highest BCUT2D eigenvalue weighted by molar-refractivity contribution is 5.66. The van der Waals surface area contributed by atoms with Gasteiger partial charge in [0.05, 0.1) is 0 Å². The van der Waals surface area contributed by atoms with Crippen molar-refractivity contribution in [3.63, 3.8) is 0 Å². The molecule has 0 unspecified atom stereocenters. The minimum absolute atomic E-state index is 0.0694. The molecule has 0 bridgehead atoms. The molecular formula is C17H26O3. The van der Waals surface area contributed by atoms with E-state index in [2.05, 4.69) is 32.9 Å². The van der Waals surface area contributed by atoms with Crippen LogP contribution >= 0.6 is 0 Å². The molecule has 0 radical (unpaired) electrons. The summed E-state index contributed by atoms with van der Waals surface area (Å²) >= 11 is 0. The van der Waals surface area contributed by atoms with Crippen LogP contribution in [0.25, 0.3) is 0 Å². The second-order valence-electron chi connectivity index (χ2n) is 7.26. The van der Waals surface area contributed by atoms with Gasteiger partial charge in [-0.3, -0.25) is 0 Å². The van der Waals surface area contributed by atoms with Crippen molar-refractivity contribution in [3.8, 4) is 5.75 Å². The molecule has 0 amide bonds. The van der Waals surface area contributed by atoms with E-state index < -0.39 is 11.8 Å². The SMILES string of the molecule is Cc1cc(C(C)(C)C)cc(C)c1OC(=O)OC(C)(C)C. The van der Waals surface area contributed by atoms with E-state index in [0.717, 1.165) is 11.1 Å². The van der Waals surface area contributed by atoms with Crippen molar-refractivity contribution in [2.24, 2.45) is 0 Å². The van der Waals surface area contributed by atoms with Crippen molar-refractivity contribution in [3.05, 3.63) is 28.8 Å². The second-order valence-corrected chi connectivity index (χ2v) is 7.26. The second kappa shape index (κ2) is 5.47. The Morgan fingerprint density at radius 1 is 0.950 bits per heavy atom. The van der Waals surface area contributed by atoms with Gasteiger partial charge >= 0.3 is 6.16 Å². The summed E-state index contributed by atoms with van der Waals surface area (Å²) in [5.41, 5.74) is 2.63. The molecule has 0 aliphatic carbocycles. The highest BCUT2D eigenvalue weighted by Gasteiger charge is 2.21. The number of carbonyl (C=O) groups is 1. The molecule has 3 nitrogen and oxygen atoms in total. The van der Waals surface area contributed by atoms with Crippen molar-refractivity contribution in [2.45, 2.75) is 66.4 Å². The number of hydrogen-bond acceptors (Lipinski definition) is 3. The predicted octanol–water partition coefficient (Wildman–Crippen LogP) is 4.91. The molecule has 0 atom stereocenters. The van der Waals surface area contributed by atoms with E-state index in [9.17, 15) is 4.79 Å². The Bertz CT molecular complexity index is 479. The van der Waals surface area contributed by atoms with Gasteiger partial charge < -0.3 is 9.47 Å². The van der Waals surface area contributed by atoms with Crippen LogP contribution in [0, 0.1) is 13.8 Å². The molecule has 0 saturated heterocycles. The third kappa shape index (κ3) is 4.55. The van der Waals surface area contributed by atoms with Gasteiger partial charge in [-0.25, -0.2) is 4.79 Å². The van der Waals surface area contributed by atoms with Gasteiger partial charge in [0.25, 0.3) is 0 Å². The maximum Gasteiger partial charge on any atom is 0.514 e. The van der Waals surface area contributed by atoms with Crippen molar-refractivity contribution in [2.75, 3.05) is 0 Å². The number of hydrogen-bond donors (Lipinski definition) is 0. The minimum Gasteiger partial charge on any atom is -0.428 e. The molecule has 0 saturated carbocycles. The van der Waals surface area contributed by atoms with Gasteiger partial charge in [0, 0.05) is 0 Å². The summed E-state index contributed by atoms with van der Waals surface area (Å²) in [7, 11) is 0. The van der Waals surface area contributed by atoms with E-state index in [0.29, 0.717) is 5.75 Å². The fourth-order valence-electron chi connectivity index (χ4n) is 1.90.